The normalized spacial score (nSPS) is 18.6. The maximum absolute atomic E-state index is 12.5. The predicted octanol–water partition coefficient (Wildman–Crippen LogP) is 3.79. The summed E-state index contributed by atoms with van der Waals surface area (Å²) in [4.78, 5) is 24.4. The number of fused-ring (bicyclic) bond motifs is 1. The molecule has 1 aliphatic heterocycles. The highest BCUT2D eigenvalue weighted by molar-refractivity contribution is 5.97. The van der Waals surface area contributed by atoms with Crippen molar-refractivity contribution in [1.29, 1.82) is 0 Å². The van der Waals surface area contributed by atoms with Crippen molar-refractivity contribution >= 4 is 17.7 Å². The number of anilines is 1. The molecular formula is C20H24N2O5. The van der Waals surface area contributed by atoms with Gasteiger partial charge in [-0.3, -0.25) is 4.79 Å². The van der Waals surface area contributed by atoms with Gasteiger partial charge in [-0.1, -0.05) is 6.07 Å². The predicted molar refractivity (Wildman–Crippen MR) is 99.7 cm³/mol. The maximum atomic E-state index is 12.5. The van der Waals surface area contributed by atoms with E-state index in [0.717, 1.165) is 0 Å². The van der Waals surface area contributed by atoms with Gasteiger partial charge in [-0.15, -0.1) is 0 Å². The van der Waals surface area contributed by atoms with Crippen LogP contribution in [0.2, 0.25) is 0 Å². The fraction of sp³-hybridized carbons (Fsp3) is 0.400. The van der Waals surface area contributed by atoms with Gasteiger partial charge in [0.15, 0.2) is 6.10 Å². The Labute approximate surface area is 158 Å². The molecule has 0 bridgehead atoms. The fourth-order valence-electron chi connectivity index (χ4n) is 2.87. The Morgan fingerprint density at radius 1 is 1.22 bits per heavy atom. The highest BCUT2D eigenvalue weighted by atomic mass is 16.6. The molecule has 2 heterocycles. The number of alkyl carbamates (subject to hydrolysis) is 1. The molecule has 3 rings (SSSR count). The zero-order valence-electron chi connectivity index (χ0n) is 16.1. The number of hydrogen-bond donors (Lipinski definition) is 2. The number of amides is 2. The SMILES string of the molecule is CC1Oc2ccc(C(C)(NC(=O)OC(C)(C)C)c3ccco3)cc2NC1=O. The Hall–Kier alpha value is -2.96. The number of carbonyl (C=O) groups is 2. The summed E-state index contributed by atoms with van der Waals surface area (Å²) in [7, 11) is 0. The number of rotatable bonds is 3. The summed E-state index contributed by atoms with van der Waals surface area (Å²) in [5.74, 6) is 0.883. The molecule has 2 N–H and O–H groups in total. The molecule has 27 heavy (non-hydrogen) atoms. The molecule has 0 saturated carbocycles. The lowest BCUT2D eigenvalue weighted by molar-refractivity contribution is -0.122. The summed E-state index contributed by atoms with van der Waals surface area (Å²) in [5.41, 5.74) is -0.392. The number of hydrogen-bond acceptors (Lipinski definition) is 5. The molecular weight excluding hydrogens is 348 g/mol. The minimum Gasteiger partial charge on any atom is -0.479 e. The van der Waals surface area contributed by atoms with E-state index in [-0.39, 0.29) is 5.91 Å². The highest BCUT2D eigenvalue weighted by Gasteiger charge is 2.36. The summed E-state index contributed by atoms with van der Waals surface area (Å²) in [6.07, 6.45) is 0.405. The van der Waals surface area contributed by atoms with Crippen molar-refractivity contribution in [1.82, 2.24) is 5.32 Å². The van der Waals surface area contributed by atoms with Crippen molar-refractivity contribution in [3.05, 3.63) is 47.9 Å². The first kappa shape index (κ1) is 18.8. The van der Waals surface area contributed by atoms with Gasteiger partial charge in [-0.25, -0.2) is 4.79 Å². The van der Waals surface area contributed by atoms with Crippen LogP contribution in [0.5, 0.6) is 5.75 Å². The van der Waals surface area contributed by atoms with Gasteiger partial charge in [-0.2, -0.15) is 0 Å². The summed E-state index contributed by atoms with van der Waals surface area (Å²) < 4.78 is 16.6. The largest absolute Gasteiger partial charge is 0.479 e. The molecule has 1 aliphatic rings. The van der Waals surface area contributed by atoms with Gasteiger partial charge in [0, 0.05) is 0 Å². The minimum atomic E-state index is -1.01. The fourth-order valence-corrected chi connectivity index (χ4v) is 2.87. The quantitative estimate of drug-likeness (QED) is 0.856. The van der Waals surface area contributed by atoms with Gasteiger partial charge in [0.2, 0.25) is 0 Å². The average Bonchev–Trinajstić information content (AvgIpc) is 3.08. The van der Waals surface area contributed by atoms with Crippen molar-refractivity contribution < 1.29 is 23.5 Å². The van der Waals surface area contributed by atoms with Crippen LogP contribution in [0.25, 0.3) is 0 Å². The van der Waals surface area contributed by atoms with E-state index < -0.39 is 23.3 Å². The molecule has 7 nitrogen and oxygen atoms in total. The first-order valence-electron chi connectivity index (χ1n) is 8.76. The maximum Gasteiger partial charge on any atom is 0.408 e. The van der Waals surface area contributed by atoms with E-state index in [0.29, 0.717) is 22.8 Å². The highest BCUT2D eigenvalue weighted by Crippen LogP contribution is 2.37. The van der Waals surface area contributed by atoms with Crippen molar-refractivity contribution in [3.63, 3.8) is 0 Å². The van der Waals surface area contributed by atoms with Crippen LogP contribution < -0.4 is 15.4 Å². The van der Waals surface area contributed by atoms with Crippen LogP contribution in [0.15, 0.2) is 41.0 Å². The van der Waals surface area contributed by atoms with Crippen molar-refractivity contribution in [2.75, 3.05) is 5.32 Å². The van der Waals surface area contributed by atoms with Crippen LogP contribution in [0, 0.1) is 0 Å². The Kier molecular flexibility index (Phi) is 4.63. The van der Waals surface area contributed by atoms with E-state index in [1.807, 2.05) is 13.0 Å². The van der Waals surface area contributed by atoms with Crippen LogP contribution in [-0.2, 0) is 15.1 Å². The molecule has 0 saturated heterocycles. The van der Waals surface area contributed by atoms with E-state index in [1.165, 1.54) is 6.26 Å². The Morgan fingerprint density at radius 2 is 1.96 bits per heavy atom. The molecule has 0 aliphatic carbocycles. The summed E-state index contributed by atoms with van der Waals surface area (Å²) in [6.45, 7) is 8.88. The lowest BCUT2D eigenvalue weighted by atomic mass is 9.88. The number of nitrogens with one attached hydrogen (secondary N) is 2. The second kappa shape index (κ2) is 6.64. The molecule has 0 fully saturated rings. The standard InChI is InChI=1S/C20H24N2O5/c1-12-17(23)21-14-11-13(8-9-15(14)26-12)20(5,16-7-6-10-25-16)22-18(24)27-19(2,3)4/h6-12H,1-5H3,(H,21,23)(H,22,24). The molecule has 0 radical (unpaired) electrons. The second-order valence-corrected chi connectivity index (χ2v) is 7.69. The molecule has 2 unspecified atom stereocenters. The van der Waals surface area contributed by atoms with Gasteiger partial charge in [-0.05, 0) is 64.4 Å². The van der Waals surface area contributed by atoms with Gasteiger partial charge in [0.25, 0.3) is 5.91 Å². The van der Waals surface area contributed by atoms with E-state index in [1.54, 1.807) is 52.0 Å². The van der Waals surface area contributed by atoms with Crippen molar-refractivity contribution in [3.8, 4) is 5.75 Å². The Bertz CT molecular complexity index is 854. The van der Waals surface area contributed by atoms with Crippen LogP contribution in [0.3, 0.4) is 0 Å². The average molecular weight is 372 g/mol. The number of furan rings is 1. The zero-order valence-corrected chi connectivity index (χ0v) is 16.1. The lowest BCUT2D eigenvalue weighted by Gasteiger charge is -2.32. The lowest BCUT2D eigenvalue weighted by Crippen LogP contribution is -2.46. The van der Waals surface area contributed by atoms with E-state index in [9.17, 15) is 9.59 Å². The molecule has 2 atom stereocenters. The first-order valence-corrected chi connectivity index (χ1v) is 8.76. The van der Waals surface area contributed by atoms with Crippen molar-refractivity contribution in [2.45, 2.75) is 51.9 Å². The molecule has 2 amide bonds. The van der Waals surface area contributed by atoms with E-state index in [2.05, 4.69) is 10.6 Å². The van der Waals surface area contributed by atoms with Gasteiger partial charge in [0.1, 0.15) is 22.6 Å². The second-order valence-electron chi connectivity index (χ2n) is 7.69. The minimum absolute atomic E-state index is 0.223. The van der Waals surface area contributed by atoms with Gasteiger partial charge >= 0.3 is 6.09 Å². The van der Waals surface area contributed by atoms with Gasteiger partial charge < -0.3 is 24.5 Å². The molecule has 7 heteroatoms. The van der Waals surface area contributed by atoms with Crippen LogP contribution in [-0.4, -0.2) is 23.7 Å². The summed E-state index contributed by atoms with van der Waals surface area (Å²) >= 11 is 0. The third-order valence-corrected chi connectivity index (χ3v) is 4.25. The topological polar surface area (TPSA) is 89.8 Å². The summed E-state index contributed by atoms with van der Waals surface area (Å²) in [6, 6.07) is 8.86. The third-order valence-electron chi connectivity index (χ3n) is 4.25. The van der Waals surface area contributed by atoms with E-state index in [4.69, 9.17) is 13.9 Å². The third kappa shape index (κ3) is 3.92. The monoisotopic (exact) mass is 372 g/mol. The molecule has 2 aromatic rings. The number of benzene rings is 1. The van der Waals surface area contributed by atoms with Crippen LogP contribution >= 0.6 is 0 Å². The molecule has 1 aromatic carbocycles. The van der Waals surface area contributed by atoms with Crippen LogP contribution in [0.4, 0.5) is 10.5 Å². The smallest absolute Gasteiger partial charge is 0.408 e. The first-order chi connectivity index (χ1) is 12.6. The number of carbonyl (C=O) groups excluding carboxylic acids is 2. The van der Waals surface area contributed by atoms with E-state index >= 15 is 0 Å². The summed E-state index contributed by atoms with van der Waals surface area (Å²) in [5, 5.41) is 5.71. The van der Waals surface area contributed by atoms with Gasteiger partial charge in [0.05, 0.1) is 12.0 Å². The Balaban J connectivity index is 1.98. The zero-order chi connectivity index (χ0) is 19.8. The number of ether oxygens (including phenoxy) is 2. The molecule has 0 spiro atoms. The van der Waals surface area contributed by atoms with Crippen LogP contribution in [0.1, 0.15) is 45.9 Å². The molecule has 144 valence electrons. The van der Waals surface area contributed by atoms with Crippen molar-refractivity contribution in [2.24, 2.45) is 0 Å². The molecule has 1 aromatic heterocycles. The Morgan fingerprint density at radius 3 is 2.59 bits per heavy atom.